The van der Waals surface area contributed by atoms with Crippen LogP contribution in [0.3, 0.4) is 0 Å². The van der Waals surface area contributed by atoms with Gasteiger partial charge < -0.3 is 10.4 Å². The summed E-state index contributed by atoms with van der Waals surface area (Å²) >= 11 is 11.8. The summed E-state index contributed by atoms with van der Waals surface area (Å²) in [5, 5.41) is 13.4. The molecule has 6 heteroatoms. The molecule has 0 aliphatic rings. The van der Waals surface area contributed by atoms with Crippen molar-refractivity contribution in [2.45, 2.75) is 12.5 Å². The van der Waals surface area contributed by atoms with E-state index < -0.39 is 11.9 Å². The number of hydrogen-bond acceptors (Lipinski definition) is 2. The van der Waals surface area contributed by atoms with Crippen molar-refractivity contribution in [1.82, 2.24) is 5.32 Å². The van der Waals surface area contributed by atoms with Crippen molar-refractivity contribution in [3.63, 3.8) is 0 Å². The van der Waals surface area contributed by atoms with Crippen LogP contribution in [0.2, 0.25) is 10.0 Å². The number of hydrogen-bond donors (Lipinski definition) is 2. The summed E-state index contributed by atoms with van der Waals surface area (Å²) in [5.41, 5.74) is 0.774. The first-order valence-corrected chi connectivity index (χ1v) is 7.36. The highest BCUT2D eigenvalue weighted by Crippen LogP contribution is 2.25. The van der Waals surface area contributed by atoms with Gasteiger partial charge in [0.05, 0.1) is 12.5 Å². The van der Waals surface area contributed by atoms with Crippen LogP contribution in [0.5, 0.6) is 0 Å². The van der Waals surface area contributed by atoms with Gasteiger partial charge in [-0.25, -0.2) is 4.39 Å². The number of carbonyl (C=O) groups excluding carboxylic acids is 1. The first-order chi connectivity index (χ1) is 10.5. The fourth-order valence-corrected chi connectivity index (χ4v) is 2.50. The summed E-state index contributed by atoms with van der Waals surface area (Å²) in [7, 11) is 0. The molecule has 1 amide bonds. The van der Waals surface area contributed by atoms with Crippen LogP contribution in [0.25, 0.3) is 0 Å². The molecule has 0 aliphatic heterocycles. The van der Waals surface area contributed by atoms with E-state index in [9.17, 15) is 14.3 Å². The van der Waals surface area contributed by atoms with Crippen molar-refractivity contribution in [3.05, 3.63) is 69.5 Å². The van der Waals surface area contributed by atoms with Crippen molar-refractivity contribution < 1.29 is 14.3 Å². The van der Waals surface area contributed by atoms with E-state index in [1.54, 1.807) is 30.3 Å². The minimum Gasteiger partial charge on any atom is -0.387 e. The Hall–Kier alpha value is -1.62. The maximum absolute atomic E-state index is 13.4. The van der Waals surface area contributed by atoms with Crippen molar-refractivity contribution >= 4 is 29.1 Å². The lowest BCUT2D eigenvalue weighted by Crippen LogP contribution is -2.30. The van der Waals surface area contributed by atoms with Crippen molar-refractivity contribution in [1.29, 1.82) is 0 Å². The zero-order valence-electron chi connectivity index (χ0n) is 11.5. The van der Waals surface area contributed by atoms with Gasteiger partial charge in [0, 0.05) is 22.2 Å². The van der Waals surface area contributed by atoms with Crippen LogP contribution in [0.1, 0.15) is 17.2 Å². The van der Waals surface area contributed by atoms with Gasteiger partial charge >= 0.3 is 0 Å². The predicted molar refractivity (Wildman–Crippen MR) is 84.5 cm³/mol. The van der Waals surface area contributed by atoms with Crippen molar-refractivity contribution in [2.75, 3.05) is 6.54 Å². The topological polar surface area (TPSA) is 49.3 Å². The maximum atomic E-state index is 13.4. The second-order valence-corrected chi connectivity index (χ2v) is 5.60. The standard InChI is InChI=1S/C16H14Cl2FNO2/c17-11-5-6-12(13(18)8-11)15(21)9-20-16(22)7-10-3-1-2-4-14(10)19/h1-6,8,15,21H,7,9H2,(H,20,22). The molecule has 0 spiro atoms. The minimum atomic E-state index is -0.964. The van der Waals surface area contributed by atoms with Gasteiger partial charge in [0.15, 0.2) is 0 Å². The molecule has 0 radical (unpaired) electrons. The number of aliphatic hydroxyl groups excluding tert-OH is 1. The lowest BCUT2D eigenvalue weighted by Gasteiger charge is -2.14. The Morgan fingerprint density at radius 1 is 1.23 bits per heavy atom. The summed E-state index contributed by atoms with van der Waals surface area (Å²) in [6, 6.07) is 10.8. The lowest BCUT2D eigenvalue weighted by atomic mass is 10.1. The Bertz CT molecular complexity index is 679. The highest BCUT2D eigenvalue weighted by Gasteiger charge is 2.14. The largest absolute Gasteiger partial charge is 0.387 e. The van der Waals surface area contributed by atoms with E-state index in [1.165, 1.54) is 12.1 Å². The Morgan fingerprint density at radius 3 is 2.64 bits per heavy atom. The molecule has 0 aromatic heterocycles. The SMILES string of the molecule is O=C(Cc1ccccc1F)NCC(O)c1ccc(Cl)cc1Cl. The number of benzene rings is 2. The van der Waals surface area contributed by atoms with E-state index in [0.717, 1.165) is 0 Å². The minimum absolute atomic E-state index is 0.0192. The normalized spacial score (nSPS) is 12.0. The number of aliphatic hydroxyl groups is 1. The molecule has 1 atom stereocenters. The zero-order valence-corrected chi connectivity index (χ0v) is 13.0. The third kappa shape index (κ3) is 4.44. The van der Waals surface area contributed by atoms with Gasteiger partial charge in [-0.15, -0.1) is 0 Å². The second-order valence-electron chi connectivity index (χ2n) is 4.75. The van der Waals surface area contributed by atoms with E-state index >= 15 is 0 Å². The van der Waals surface area contributed by atoms with Crippen LogP contribution in [0, 0.1) is 5.82 Å². The molecule has 0 bridgehead atoms. The molecule has 0 fully saturated rings. The fraction of sp³-hybridized carbons (Fsp3) is 0.188. The molecule has 3 nitrogen and oxygen atoms in total. The summed E-state index contributed by atoms with van der Waals surface area (Å²) < 4.78 is 13.4. The first kappa shape index (κ1) is 16.7. The molecule has 2 aromatic rings. The van der Waals surface area contributed by atoms with Gasteiger partial charge in [0.25, 0.3) is 0 Å². The quantitative estimate of drug-likeness (QED) is 0.873. The van der Waals surface area contributed by atoms with E-state index in [-0.39, 0.29) is 18.9 Å². The third-order valence-electron chi connectivity index (χ3n) is 3.12. The summed E-state index contributed by atoms with van der Waals surface area (Å²) in [6.45, 7) is -0.0192. The van der Waals surface area contributed by atoms with Crippen LogP contribution in [-0.4, -0.2) is 17.6 Å². The van der Waals surface area contributed by atoms with Gasteiger partial charge in [-0.05, 0) is 23.8 Å². The second kappa shape index (κ2) is 7.58. The number of halogens is 3. The van der Waals surface area contributed by atoms with E-state index in [0.29, 0.717) is 21.2 Å². The first-order valence-electron chi connectivity index (χ1n) is 6.60. The Balaban J connectivity index is 1.92. The molecule has 22 heavy (non-hydrogen) atoms. The third-order valence-corrected chi connectivity index (χ3v) is 3.69. The number of amides is 1. The van der Waals surface area contributed by atoms with Crippen LogP contribution >= 0.6 is 23.2 Å². The molecule has 1 unspecified atom stereocenters. The highest BCUT2D eigenvalue weighted by atomic mass is 35.5. The molecule has 2 rings (SSSR count). The summed E-state index contributed by atoms with van der Waals surface area (Å²) in [5.74, 6) is -0.812. The zero-order chi connectivity index (χ0) is 16.1. The van der Waals surface area contributed by atoms with Gasteiger partial charge in [-0.2, -0.15) is 0 Å². The molecule has 2 aromatic carbocycles. The van der Waals surface area contributed by atoms with Crippen molar-refractivity contribution in [3.8, 4) is 0 Å². The fourth-order valence-electron chi connectivity index (χ4n) is 1.97. The maximum Gasteiger partial charge on any atom is 0.224 e. The van der Waals surface area contributed by atoms with E-state index in [1.807, 2.05) is 0 Å². The Morgan fingerprint density at radius 2 is 1.95 bits per heavy atom. The van der Waals surface area contributed by atoms with Gasteiger partial charge in [0.1, 0.15) is 5.82 Å². The van der Waals surface area contributed by atoms with E-state index in [2.05, 4.69) is 5.32 Å². The van der Waals surface area contributed by atoms with Crippen LogP contribution in [-0.2, 0) is 11.2 Å². The molecule has 116 valence electrons. The number of carbonyl (C=O) groups is 1. The number of rotatable bonds is 5. The molecule has 2 N–H and O–H groups in total. The number of nitrogens with one attached hydrogen (secondary N) is 1. The molecule has 0 heterocycles. The lowest BCUT2D eigenvalue weighted by molar-refractivity contribution is -0.120. The van der Waals surface area contributed by atoms with Crippen molar-refractivity contribution in [2.24, 2.45) is 0 Å². The van der Waals surface area contributed by atoms with Gasteiger partial charge in [-0.3, -0.25) is 4.79 Å². The summed E-state index contributed by atoms with van der Waals surface area (Å²) in [6.07, 6.45) is -1.05. The molecule has 0 saturated carbocycles. The van der Waals surface area contributed by atoms with Crippen LogP contribution < -0.4 is 5.32 Å². The van der Waals surface area contributed by atoms with Crippen LogP contribution in [0.15, 0.2) is 42.5 Å². The molecule has 0 aliphatic carbocycles. The van der Waals surface area contributed by atoms with Crippen LogP contribution in [0.4, 0.5) is 4.39 Å². The molecular weight excluding hydrogens is 328 g/mol. The smallest absolute Gasteiger partial charge is 0.224 e. The average Bonchev–Trinajstić information content (AvgIpc) is 2.47. The van der Waals surface area contributed by atoms with E-state index in [4.69, 9.17) is 23.2 Å². The Kier molecular flexibility index (Phi) is 5.77. The Labute approximate surface area is 137 Å². The van der Waals surface area contributed by atoms with Gasteiger partial charge in [-0.1, -0.05) is 47.5 Å². The summed E-state index contributed by atoms with van der Waals surface area (Å²) in [4.78, 5) is 11.8. The predicted octanol–water partition coefficient (Wildman–Crippen LogP) is 3.52. The molecule has 0 saturated heterocycles. The molecular formula is C16H14Cl2FNO2. The highest BCUT2D eigenvalue weighted by molar-refractivity contribution is 6.35. The average molecular weight is 342 g/mol. The monoisotopic (exact) mass is 341 g/mol. The van der Waals surface area contributed by atoms with Gasteiger partial charge in [0.2, 0.25) is 5.91 Å².